The van der Waals surface area contributed by atoms with Crippen LogP contribution >= 0.6 is 27.5 Å². The number of carbonyl (C=O) groups is 1. The Bertz CT molecular complexity index is 1300. The molecule has 3 rings (SSSR count). The lowest BCUT2D eigenvalue weighted by Gasteiger charge is -2.14. The van der Waals surface area contributed by atoms with Crippen molar-refractivity contribution in [3.05, 3.63) is 97.0 Å². The van der Waals surface area contributed by atoms with Crippen molar-refractivity contribution in [2.45, 2.75) is 6.61 Å². The number of carbonyl (C=O) groups excluding carboxylic acids is 1. The molecule has 0 fully saturated rings. The van der Waals surface area contributed by atoms with E-state index in [1.165, 1.54) is 25.3 Å². The van der Waals surface area contributed by atoms with Gasteiger partial charge in [0.2, 0.25) is 0 Å². The SMILES string of the molecule is COc1cccc(/C=C(\C#N)C(=O)Nc2ccc([N+](=O)[O-])cc2Cl)c1OCc1ccc(Br)cc1. The Morgan fingerprint density at radius 2 is 1.97 bits per heavy atom. The number of nitriles is 1. The highest BCUT2D eigenvalue weighted by Crippen LogP contribution is 2.34. The minimum absolute atomic E-state index is 0.0280. The van der Waals surface area contributed by atoms with Crippen LogP contribution in [0.25, 0.3) is 6.08 Å². The van der Waals surface area contributed by atoms with Crippen LogP contribution in [0.1, 0.15) is 11.1 Å². The number of nitro groups is 1. The average Bonchev–Trinajstić information content (AvgIpc) is 2.83. The smallest absolute Gasteiger partial charge is 0.271 e. The van der Waals surface area contributed by atoms with Crippen LogP contribution in [0.3, 0.4) is 0 Å². The Morgan fingerprint density at radius 3 is 2.59 bits per heavy atom. The minimum Gasteiger partial charge on any atom is -0.493 e. The van der Waals surface area contributed by atoms with Gasteiger partial charge in [-0.25, -0.2) is 0 Å². The highest BCUT2D eigenvalue weighted by Gasteiger charge is 2.17. The van der Waals surface area contributed by atoms with Gasteiger partial charge in [-0.15, -0.1) is 0 Å². The maximum absolute atomic E-state index is 12.7. The molecule has 0 saturated heterocycles. The molecule has 0 radical (unpaired) electrons. The van der Waals surface area contributed by atoms with Gasteiger partial charge in [0.1, 0.15) is 18.2 Å². The van der Waals surface area contributed by atoms with E-state index in [2.05, 4.69) is 21.2 Å². The van der Waals surface area contributed by atoms with Crippen molar-refractivity contribution in [3.63, 3.8) is 0 Å². The molecule has 10 heteroatoms. The lowest BCUT2D eigenvalue weighted by atomic mass is 10.1. The molecule has 3 aromatic carbocycles. The van der Waals surface area contributed by atoms with Crippen molar-refractivity contribution in [1.29, 1.82) is 5.26 Å². The Labute approximate surface area is 208 Å². The third kappa shape index (κ3) is 6.13. The molecule has 0 atom stereocenters. The monoisotopic (exact) mass is 541 g/mol. The third-order valence-corrected chi connectivity index (χ3v) is 5.44. The van der Waals surface area contributed by atoms with E-state index in [-0.39, 0.29) is 28.6 Å². The first-order valence-electron chi connectivity index (χ1n) is 9.73. The van der Waals surface area contributed by atoms with Crippen molar-refractivity contribution in [2.24, 2.45) is 0 Å². The van der Waals surface area contributed by atoms with Gasteiger partial charge in [0.25, 0.3) is 11.6 Å². The Morgan fingerprint density at radius 1 is 1.24 bits per heavy atom. The average molecular weight is 543 g/mol. The molecule has 8 nitrogen and oxygen atoms in total. The number of nitro benzene ring substituents is 1. The number of amides is 1. The number of methoxy groups -OCH3 is 1. The summed E-state index contributed by atoms with van der Waals surface area (Å²) < 4.78 is 12.3. The van der Waals surface area contributed by atoms with Gasteiger partial charge in [0.05, 0.1) is 22.7 Å². The first kappa shape index (κ1) is 24.8. The Kier molecular flexibility index (Phi) is 8.24. The van der Waals surface area contributed by atoms with Crippen LogP contribution in [0.15, 0.2) is 70.7 Å². The summed E-state index contributed by atoms with van der Waals surface area (Å²) in [5.74, 6) is 0.0590. The van der Waals surface area contributed by atoms with E-state index in [9.17, 15) is 20.2 Å². The van der Waals surface area contributed by atoms with Crippen LogP contribution in [0.2, 0.25) is 5.02 Å². The molecule has 34 heavy (non-hydrogen) atoms. The predicted molar refractivity (Wildman–Crippen MR) is 132 cm³/mol. The topological polar surface area (TPSA) is 114 Å². The van der Waals surface area contributed by atoms with Crippen LogP contribution in [-0.2, 0) is 11.4 Å². The Balaban J connectivity index is 1.87. The summed E-state index contributed by atoms with van der Waals surface area (Å²) in [4.78, 5) is 23.0. The van der Waals surface area contributed by atoms with Gasteiger partial charge >= 0.3 is 0 Å². The standard InChI is InChI=1S/C24H17BrClN3O5/c1-33-22-4-2-3-16(23(22)34-14-15-5-7-18(25)8-6-15)11-17(13-27)24(30)28-21-10-9-19(29(31)32)12-20(21)26/h2-12H,14H2,1H3,(H,28,30)/b17-11+. The van der Waals surface area contributed by atoms with Crippen molar-refractivity contribution in [2.75, 3.05) is 12.4 Å². The predicted octanol–water partition coefficient (Wildman–Crippen LogP) is 6.14. The van der Waals surface area contributed by atoms with E-state index >= 15 is 0 Å². The second-order valence-electron chi connectivity index (χ2n) is 6.84. The van der Waals surface area contributed by atoms with Gasteiger partial charge in [0, 0.05) is 22.2 Å². The zero-order valence-electron chi connectivity index (χ0n) is 17.7. The molecule has 172 valence electrons. The van der Waals surface area contributed by atoms with Gasteiger partial charge in [-0.3, -0.25) is 14.9 Å². The first-order valence-corrected chi connectivity index (χ1v) is 10.9. The van der Waals surface area contributed by atoms with Crippen molar-refractivity contribution in [3.8, 4) is 17.6 Å². The number of hydrogen-bond acceptors (Lipinski definition) is 6. The van der Waals surface area contributed by atoms with E-state index in [0.29, 0.717) is 17.1 Å². The summed E-state index contributed by atoms with van der Waals surface area (Å²) in [7, 11) is 1.49. The van der Waals surface area contributed by atoms with Crippen LogP contribution in [0, 0.1) is 21.4 Å². The van der Waals surface area contributed by atoms with Gasteiger partial charge in [-0.1, -0.05) is 51.8 Å². The number of para-hydroxylation sites is 1. The molecule has 0 bridgehead atoms. The van der Waals surface area contributed by atoms with Crippen molar-refractivity contribution in [1.82, 2.24) is 0 Å². The molecule has 0 saturated carbocycles. The third-order valence-electron chi connectivity index (χ3n) is 4.60. The molecule has 0 aliphatic heterocycles. The maximum atomic E-state index is 12.7. The molecule has 0 aliphatic rings. The van der Waals surface area contributed by atoms with E-state index in [0.717, 1.165) is 16.1 Å². The summed E-state index contributed by atoms with van der Waals surface area (Å²) in [6.45, 7) is 0.237. The van der Waals surface area contributed by atoms with E-state index in [1.54, 1.807) is 18.2 Å². The number of halogens is 2. The van der Waals surface area contributed by atoms with Crippen molar-refractivity contribution < 1.29 is 19.2 Å². The number of nitrogens with one attached hydrogen (secondary N) is 1. The molecule has 0 aromatic heterocycles. The number of anilines is 1. The van der Waals surface area contributed by atoms with Crippen LogP contribution in [0.5, 0.6) is 11.5 Å². The molecule has 0 unspecified atom stereocenters. The van der Waals surface area contributed by atoms with Crippen LogP contribution < -0.4 is 14.8 Å². The largest absolute Gasteiger partial charge is 0.493 e. The molecule has 0 aliphatic carbocycles. The lowest BCUT2D eigenvalue weighted by Crippen LogP contribution is -2.14. The lowest BCUT2D eigenvalue weighted by molar-refractivity contribution is -0.384. The van der Waals surface area contributed by atoms with Gasteiger partial charge < -0.3 is 14.8 Å². The molecular weight excluding hydrogens is 526 g/mol. The van der Waals surface area contributed by atoms with E-state index in [1.807, 2.05) is 30.3 Å². The van der Waals surface area contributed by atoms with Crippen molar-refractivity contribution >= 4 is 50.9 Å². The summed E-state index contributed by atoms with van der Waals surface area (Å²) in [5, 5.41) is 22.9. The normalized spacial score (nSPS) is 10.8. The second kappa shape index (κ2) is 11.3. The number of nitrogens with zero attached hydrogens (tertiary/aromatic N) is 2. The highest BCUT2D eigenvalue weighted by atomic mass is 79.9. The molecular formula is C24H17BrClN3O5. The number of rotatable bonds is 8. The zero-order chi connectivity index (χ0) is 24.7. The molecule has 0 heterocycles. The number of benzene rings is 3. The summed E-state index contributed by atoms with van der Waals surface area (Å²) in [5.41, 5.74) is 1.06. The minimum atomic E-state index is -0.736. The Hall–Kier alpha value is -3.87. The number of ether oxygens (including phenoxy) is 2. The van der Waals surface area contributed by atoms with Gasteiger partial charge in [0.15, 0.2) is 11.5 Å². The van der Waals surface area contributed by atoms with E-state index < -0.39 is 10.8 Å². The van der Waals surface area contributed by atoms with Crippen LogP contribution in [-0.4, -0.2) is 17.9 Å². The fraction of sp³-hybridized carbons (Fsp3) is 0.0833. The molecule has 1 N–H and O–H groups in total. The highest BCUT2D eigenvalue weighted by molar-refractivity contribution is 9.10. The fourth-order valence-corrected chi connectivity index (χ4v) is 3.40. The summed E-state index contributed by atoms with van der Waals surface area (Å²) in [6, 6.07) is 18.2. The van der Waals surface area contributed by atoms with E-state index in [4.69, 9.17) is 21.1 Å². The zero-order valence-corrected chi connectivity index (χ0v) is 20.1. The second-order valence-corrected chi connectivity index (χ2v) is 8.16. The van der Waals surface area contributed by atoms with Crippen LogP contribution in [0.4, 0.5) is 11.4 Å². The summed E-state index contributed by atoms with van der Waals surface area (Å²) >= 11 is 9.43. The quantitative estimate of drug-likeness (QED) is 0.158. The molecule has 3 aromatic rings. The maximum Gasteiger partial charge on any atom is 0.271 e. The van der Waals surface area contributed by atoms with Gasteiger partial charge in [-0.05, 0) is 35.9 Å². The number of hydrogen-bond donors (Lipinski definition) is 1. The first-order chi connectivity index (χ1) is 16.3. The number of non-ortho nitro benzene ring substituents is 1. The molecule has 1 amide bonds. The summed E-state index contributed by atoms with van der Waals surface area (Å²) in [6.07, 6.45) is 1.37. The van der Waals surface area contributed by atoms with Gasteiger partial charge in [-0.2, -0.15) is 5.26 Å². The molecule has 0 spiro atoms. The fourth-order valence-electron chi connectivity index (χ4n) is 2.91.